The predicted molar refractivity (Wildman–Crippen MR) is 422 cm³/mol. The van der Waals surface area contributed by atoms with E-state index in [0.717, 1.165) is 149 Å². The van der Waals surface area contributed by atoms with E-state index in [1.165, 1.54) is 32.6 Å². The topological polar surface area (TPSA) is 68.2 Å². The molecule has 0 unspecified atom stereocenters. The average molecular weight is 1300 g/mol. The Morgan fingerprint density at radius 1 is 0.176 bits per heavy atom. The van der Waals surface area contributed by atoms with Gasteiger partial charge in [-0.1, -0.05) is 237 Å². The van der Waals surface area contributed by atoms with Crippen molar-refractivity contribution in [2.75, 3.05) is 0 Å². The lowest BCUT2D eigenvalue weighted by atomic mass is 9.97. The number of hydrogen-bond acceptors (Lipinski definition) is 3. The van der Waals surface area contributed by atoms with Gasteiger partial charge in [-0.15, -0.1) is 0 Å². The fraction of sp³-hybridized carbons (Fsp3) is 0. The van der Waals surface area contributed by atoms with Crippen LogP contribution in [-0.2, 0) is 0 Å². The first kappa shape index (κ1) is 56.2. The Kier molecular flexibility index (Phi) is 12.0. The molecule has 0 atom stereocenters. The first-order chi connectivity index (χ1) is 50.7. The molecule has 9 heteroatoms. The molecule has 0 aliphatic carbocycles. The van der Waals surface area contributed by atoms with Gasteiger partial charge in [-0.2, -0.15) is 15.0 Å². The van der Waals surface area contributed by atoms with Crippen molar-refractivity contribution in [1.29, 1.82) is 0 Å². The van der Waals surface area contributed by atoms with Crippen LogP contribution in [0.2, 0.25) is 0 Å². The van der Waals surface area contributed by atoms with Crippen LogP contribution in [0, 0.1) is 0 Å². The number of aromatic nitrogens is 9. The van der Waals surface area contributed by atoms with Crippen LogP contribution in [0.25, 0.3) is 199 Å². The highest BCUT2D eigenvalue weighted by Gasteiger charge is 2.28. The van der Waals surface area contributed by atoms with Crippen molar-refractivity contribution in [1.82, 2.24) is 42.4 Å². The molecule has 22 aromatic rings. The highest BCUT2D eigenvalue weighted by molar-refractivity contribution is 6.16. The Morgan fingerprint density at radius 3 is 0.873 bits per heavy atom. The third-order valence-electron chi connectivity index (χ3n) is 21.3. The maximum atomic E-state index is 5.73. The van der Waals surface area contributed by atoms with Gasteiger partial charge < -0.3 is 18.3 Å². The van der Waals surface area contributed by atoms with Gasteiger partial charge in [-0.05, 0) is 115 Å². The van der Waals surface area contributed by atoms with Gasteiger partial charge in [0, 0.05) is 92.6 Å². The minimum Gasteiger partial charge on any atom is -0.309 e. The largest absolute Gasteiger partial charge is 0.309 e. The van der Waals surface area contributed by atoms with Crippen molar-refractivity contribution < 1.29 is 0 Å². The molecule has 0 fully saturated rings. The first-order valence-corrected chi connectivity index (χ1v) is 34.8. The van der Waals surface area contributed by atoms with Crippen LogP contribution >= 0.6 is 0 Å². The molecule has 0 spiro atoms. The van der Waals surface area contributed by atoms with E-state index < -0.39 is 0 Å². The molecule has 0 bridgehead atoms. The van der Waals surface area contributed by atoms with Crippen molar-refractivity contribution in [2.45, 2.75) is 0 Å². The van der Waals surface area contributed by atoms with Crippen LogP contribution in [0.4, 0.5) is 0 Å². The van der Waals surface area contributed by atoms with E-state index in [4.69, 9.17) is 15.0 Å². The first-order valence-electron chi connectivity index (χ1n) is 34.8. The molecule has 0 aliphatic rings. The average Bonchev–Trinajstić information content (AvgIpc) is 1.56. The molecule has 474 valence electrons. The summed E-state index contributed by atoms with van der Waals surface area (Å²) < 4.78 is 14.2. The van der Waals surface area contributed by atoms with Gasteiger partial charge in [0.1, 0.15) is 0 Å². The summed E-state index contributed by atoms with van der Waals surface area (Å²) in [6.07, 6.45) is 0. The second-order valence-electron chi connectivity index (χ2n) is 26.6. The summed E-state index contributed by atoms with van der Waals surface area (Å²) in [4.78, 5) is 17.0. The molecular formula is C93H57N9. The van der Waals surface area contributed by atoms with E-state index in [0.29, 0.717) is 17.7 Å². The van der Waals surface area contributed by atoms with E-state index in [1.54, 1.807) is 0 Å². The van der Waals surface area contributed by atoms with Gasteiger partial charge in [-0.25, -0.2) is 0 Å². The Bertz CT molecular complexity index is 6940. The Morgan fingerprint density at radius 2 is 0.461 bits per heavy atom. The molecule has 0 saturated heterocycles. The van der Waals surface area contributed by atoms with Crippen LogP contribution in [0.3, 0.4) is 0 Å². The normalized spacial score (nSPS) is 12.1. The molecular weight excluding hydrogens is 1240 g/mol. The Hall–Kier alpha value is -13.9. The summed E-state index contributed by atoms with van der Waals surface area (Å²) in [5.41, 5.74) is 22.6. The molecule has 0 radical (unpaired) electrons. The van der Waals surface area contributed by atoms with E-state index in [-0.39, 0.29) is 0 Å². The molecule has 7 aromatic heterocycles. The number of fused-ring (bicyclic) bond motifs is 18. The molecule has 22 rings (SSSR count). The summed E-state index contributed by atoms with van der Waals surface area (Å²) in [6, 6.07) is 126. The second kappa shape index (κ2) is 21.8. The summed E-state index contributed by atoms with van der Waals surface area (Å²) in [7, 11) is 0. The second-order valence-corrected chi connectivity index (χ2v) is 26.6. The summed E-state index contributed by atoms with van der Waals surface area (Å²) >= 11 is 0. The van der Waals surface area contributed by atoms with Crippen LogP contribution in [0.5, 0.6) is 0 Å². The molecule has 0 N–H and O–H groups in total. The van der Waals surface area contributed by atoms with Crippen molar-refractivity contribution in [3.05, 3.63) is 346 Å². The van der Waals surface area contributed by atoms with Gasteiger partial charge in [-0.3, -0.25) is 9.13 Å². The summed E-state index contributed by atoms with van der Waals surface area (Å²) in [5, 5.41) is 13.9. The fourth-order valence-corrected chi connectivity index (χ4v) is 17.1. The van der Waals surface area contributed by atoms with Gasteiger partial charge in [0.25, 0.3) is 0 Å². The van der Waals surface area contributed by atoms with Crippen LogP contribution in [0.15, 0.2) is 346 Å². The zero-order valence-electron chi connectivity index (χ0n) is 54.9. The minimum atomic E-state index is 0.520. The number of para-hydroxylation sites is 13. The Balaban J connectivity index is 0.752. The molecule has 0 amide bonds. The SMILES string of the molecule is c1ccc(-n2c3ccccc3c3ccccc32)c(-c2ccccc2-n2c3ccccc3c3cc(-n4c5ccccc5c5cc(-c6cccc(-c7nc(-n8c9ccccc9c9ccccc98)nc(-n8c9ccccc9c9ccccc98)n7)c6-n6c7ccccc7c7ccccc76)ccc54)ccc32)c1. The minimum absolute atomic E-state index is 0.520. The fourth-order valence-electron chi connectivity index (χ4n) is 17.1. The molecule has 0 aliphatic heterocycles. The third kappa shape index (κ3) is 8.06. The zero-order chi connectivity index (χ0) is 66.7. The van der Waals surface area contributed by atoms with Gasteiger partial charge >= 0.3 is 0 Å². The van der Waals surface area contributed by atoms with E-state index in [2.05, 4.69) is 373 Å². The standard InChI is InChI=1S/C93H57N9/c1-14-41-77-61(26-1)62-27-2-15-42-78(62)98(77)79-43-16-3-28-63(79)64-29-4-17-44-80(64)99-81-45-18-12-37-72(81)75-57-59(53-55-89(75)99)97-76-40-13-11-36-71(76)74-56-58(52-54-88(74)97)60-38-25-39-73(90(60)100-82-46-19-5-30-65(82)66-31-6-20-47-83(66)100)91-94-92(101-84-48-21-7-32-67(84)68-33-8-22-49-85(68)101)96-93(95-91)102-86-50-23-9-34-69(86)70-35-10-24-51-87(70)102/h1-57H. The lowest BCUT2D eigenvalue weighted by molar-refractivity contribution is 0.892. The number of hydrogen-bond donors (Lipinski definition) is 0. The van der Waals surface area contributed by atoms with Crippen molar-refractivity contribution in [2.24, 2.45) is 0 Å². The lowest BCUT2D eigenvalue weighted by Crippen LogP contribution is -2.11. The molecule has 0 saturated carbocycles. The molecule has 7 heterocycles. The van der Waals surface area contributed by atoms with Gasteiger partial charge in [0.05, 0.1) is 83.3 Å². The van der Waals surface area contributed by atoms with Crippen molar-refractivity contribution in [3.8, 4) is 68.3 Å². The van der Waals surface area contributed by atoms with Gasteiger partial charge in [0.15, 0.2) is 5.82 Å². The maximum absolute atomic E-state index is 5.73. The predicted octanol–water partition coefficient (Wildman–Crippen LogP) is 23.5. The number of benzene rings is 15. The van der Waals surface area contributed by atoms with Crippen molar-refractivity contribution >= 4 is 131 Å². The monoisotopic (exact) mass is 1300 g/mol. The quantitative estimate of drug-likeness (QED) is 0.145. The van der Waals surface area contributed by atoms with Crippen LogP contribution < -0.4 is 0 Å². The van der Waals surface area contributed by atoms with Crippen LogP contribution in [0.1, 0.15) is 0 Å². The number of rotatable bonds is 9. The molecule has 15 aromatic carbocycles. The van der Waals surface area contributed by atoms with Crippen LogP contribution in [-0.4, -0.2) is 42.4 Å². The van der Waals surface area contributed by atoms with E-state index in [1.807, 2.05) is 0 Å². The highest BCUT2D eigenvalue weighted by Crippen LogP contribution is 2.46. The highest BCUT2D eigenvalue weighted by atomic mass is 15.3. The van der Waals surface area contributed by atoms with E-state index >= 15 is 0 Å². The smallest absolute Gasteiger partial charge is 0.240 e. The summed E-state index contributed by atoms with van der Waals surface area (Å²) in [5.74, 6) is 1.58. The summed E-state index contributed by atoms with van der Waals surface area (Å²) in [6.45, 7) is 0. The Labute approximate surface area is 583 Å². The number of nitrogens with zero attached hydrogens (tertiary/aromatic N) is 9. The zero-order valence-corrected chi connectivity index (χ0v) is 54.9. The van der Waals surface area contributed by atoms with Crippen molar-refractivity contribution in [3.63, 3.8) is 0 Å². The van der Waals surface area contributed by atoms with Gasteiger partial charge in [0.2, 0.25) is 11.9 Å². The lowest BCUT2D eigenvalue weighted by Gasteiger charge is -2.19. The molecule has 9 nitrogen and oxygen atoms in total. The van der Waals surface area contributed by atoms with E-state index in [9.17, 15) is 0 Å². The molecule has 102 heavy (non-hydrogen) atoms. The maximum Gasteiger partial charge on any atom is 0.240 e. The third-order valence-corrected chi connectivity index (χ3v) is 21.3.